The van der Waals surface area contributed by atoms with Crippen LogP contribution in [0.4, 0.5) is 18.9 Å². The highest BCUT2D eigenvalue weighted by Crippen LogP contribution is 2.41. The third-order valence-electron chi connectivity index (χ3n) is 7.50. The van der Waals surface area contributed by atoms with Crippen molar-refractivity contribution < 1.29 is 30.8 Å². The predicted octanol–water partition coefficient (Wildman–Crippen LogP) is 7.00. The summed E-state index contributed by atoms with van der Waals surface area (Å²) in [5.74, 6) is 0.293. The summed E-state index contributed by atoms with van der Waals surface area (Å²) < 4.78 is 83.4. The molecule has 5 rings (SSSR count). The van der Waals surface area contributed by atoms with E-state index < -0.39 is 41.1 Å². The minimum atomic E-state index is -4.69. The number of nitrogens with zero attached hydrogens (tertiary/aromatic N) is 1. The van der Waals surface area contributed by atoms with Gasteiger partial charge in [-0.2, -0.15) is 13.2 Å². The Morgan fingerprint density at radius 3 is 2.05 bits per heavy atom. The maximum Gasteiger partial charge on any atom is 0.416 e. The monoisotopic (exact) mass is 689 g/mol. The van der Waals surface area contributed by atoms with Crippen LogP contribution in [0.2, 0.25) is 5.04 Å². The van der Waals surface area contributed by atoms with E-state index >= 15 is 0 Å². The molecule has 226 valence electrons. The van der Waals surface area contributed by atoms with Crippen LogP contribution < -0.4 is 19.4 Å². The van der Waals surface area contributed by atoms with Crippen LogP contribution in [0.1, 0.15) is 26.3 Å². The summed E-state index contributed by atoms with van der Waals surface area (Å²) in [6, 6.07) is 28.8. The number of alkyl halides is 3. The molecule has 0 aromatic heterocycles. The third-order valence-corrected chi connectivity index (χ3v) is 14.8. The molecule has 1 heterocycles. The number of fused-ring (bicyclic) bond motifs is 1. The van der Waals surface area contributed by atoms with Crippen molar-refractivity contribution in [3.8, 4) is 5.75 Å². The Balaban J connectivity index is 1.55. The molecule has 5 nitrogen and oxygen atoms in total. The number of hydrogen-bond donors (Lipinski definition) is 0. The highest BCUT2D eigenvalue weighted by atomic mass is 79.9. The first-order valence-corrected chi connectivity index (χ1v) is 17.8. The lowest BCUT2D eigenvalue weighted by Gasteiger charge is -2.44. The molecule has 0 fully saturated rings. The maximum atomic E-state index is 13.9. The molecule has 0 saturated heterocycles. The summed E-state index contributed by atoms with van der Waals surface area (Å²) in [6.07, 6.45) is -5.43. The Bertz CT molecular complexity index is 1660. The van der Waals surface area contributed by atoms with Crippen molar-refractivity contribution in [3.63, 3.8) is 0 Å². The van der Waals surface area contributed by atoms with Crippen molar-refractivity contribution in [1.29, 1.82) is 0 Å². The van der Waals surface area contributed by atoms with Gasteiger partial charge in [-0.05, 0) is 51.8 Å². The fourth-order valence-electron chi connectivity index (χ4n) is 5.54. The number of sulfonamides is 1. The number of ether oxygens (including phenoxy) is 1. The summed E-state index contributed by atoms with van der Waals surface area (Å²) in [6.45, 7) is 6.31. The first kappa shape index (κ1) is 31.3. The molecule has 4 aromatic carbocycles. The second kappa shape index (κ2) is 11.8. The second-order valence-electron chi connectivity index (χ2n) is 11.4. The van der Waals surface area contributed by atoms with Crippen LogP contribution in [-0.4, -0.2) is 36.0 Å². The fraction of sp³-hybridized carbons (Fsp3) is 0.250. The Labute approximate surface area is 259 Å². The Kier molecular flexibility index (Phi) is 8.56. The maximum absolute atomic E-state index is 13.9. The van der Waals surface area contributed by atoms with Crippen LogP contribution in [0.25, 0.3) is 0 Å². The summed E-state index contributed by atoms with van der Waals surface area (Å²) in [5.41, 5.74) is -0.809. The quantitative estimate of drug-likeness (QED) is 0.196. The average molecular weight is 691 g/mol. The molecule has 11 heteroatoms. The minimum Gasteiger partial charge on any atom is -0.484 e. The molecule has 43 heavy (non-hydrogen) atoms. The third kappa shape index (κ3) is 6.13. The van der Waals surface area contributed by atoms with Gasteiger partial charge in [0, 0.05) is 4.47 Å². The van der Waals surface area contributed by atoms with Gasteiger partial charge >= 0.3 is 6.18 Å². The van der Waals surface area contributed by atoms with E-state index in [1.165, 1.54) is 6.07 Å². The molecule has 1 aliphatic rings. The molecule has 1 unspecified atom stereocenters. The molecule has 4 aromatic rings. The molecular weight excluding hydrogens is 659 g/mol. The van der Waals surface area contributed by atoms with Crippen LogP contribution in [0.3, 0.4) is 0 Å². The van der Waals surface area contributed by atoms with Crippen molar-refractivity contribution in [1.82, 2.24) is 0 Å². The average Bonchev–Trinajstić information content (AvgIpc) is 2.97. The van der Waals surface area contributed by atoms with E-state index in [2.05, 4.69) is 61.0 Å². The molecule has 0 aliphatic carbocycles. The zero-order valence-corrected chi connectivity index (χ0v) is 27.2. The van der Waals surface area contributed by atoms with Crippen LogP contribution in [0, 0.1) is 0 Å². The molecule has 0 radical (unpaired) electrons. The van der Waals surface area contributed by atoms with Gasteiger partial charge in [0.15, 0.2) is 0 Å². The first-order chi connectivity index (χ1) is 20.2. The van der Waals surface area contributed by atoms with E-state index in [0.29, 0.717) is 16.3 Å². The lowest BCUT2D eigenvalue weighted by molar-refractivity contribution is -0.137. The van der Waals surface area contributed by atoms with E-state index in [-0.39, 0.29) is 23.9 Å². The zero-order chi connectivity index (χ0) is 31.0. The number of halogens is 4. The summed E-state index contributed by atoms with van der Waals surface area (Å²) >= 11 is 3.38. The lowest BCUT2D eigenvalue weighted by Crippen LogP contribution is -2.67. The van der Waals surface area contributed by atoms with Crippen molar-refractivity contribution in [2.45, 2.75) is 43.0 Å². The van der Waals surface area contributed by atoms with Crippen LogP contribution >= 0.6 is 15.9 Å². The van der Waals surface area contributed by atoms with Gasteiger partial charge in [0.1, 0.15) is 11.9 Å². The summed E-state index contributed by atoms with van der Waals surface area (Å²) in [4.78, 5) is -0.457. The fourth-order valence-corrected chi connectivity index (χ4v) is 12.0. The van der Waals surface area contributed by atoms with Crippen molar-refractivity contribution in [2.75, 3.05) is 17.5 Å². The zero-order valence-electron chi connectivity index (χ0n) is 23.8. The van der Waals surface area contributed by atoms with Gasteiger partial charge in [0.05, 0.1) is 29.3 Å². The minimum absolute atomic E-state index is 0.0530. The van der Waals surface area contributed by atoms with E-state index in [1.807, 2.05) is 36.4 Å². The van der Waals surface area contributed by atoms with Gasteiger partial charge in [-0.25, -0.2) is 8.42 Å². The van der Waals surface area contributed by atoms with Gasteiger partial charge in [-0.1, -0.05) is 103 Å². The first-order valence-electron chi connectivity index (χ1n) is 13.6. The highest BCUT2D eigenvalue weighted by molar-refractivity contribution is 9.10. The van der Waals surface area contributed by atoms with Crippen molar-refractivity contribution in [3.05, 3.63) is 113 Å². The number of benzene rings is 4. The molecule has 0 bridgehead atoms. The number of hydrogen-bond acceptors (Lipinski definition) is 4. The van der Waals surface area contributed by atoms with Crippen molar-refractivity contribution >= 4 is 50.3 Å². The van der Waals surface area contributed by atoms with Gasteiger partial charge < -0.3 is 9.16 Å². The molecule has 0 saturated carbocycles. The smallest absolute Gasteiger partial charge is 0.416 e. The molecule has 1 aliphatic heterocycles. The van der Waals surface area contributed by atoms with Gasteiger partial charge in [-0.3, -0.25) is 4.31 Å². The summed E-state index contributed by atoms with van der Waals surface area (Å²) in [5, 5.41) is 1.79. The van der Waals surface area contributed by atoms with Gasteiger partial charge in [-0.15, -0.1) is 0 Å². The molecule has 0 amide bonds. The largest absolute Gasteiger partial charge is 0.484 e. The van der Waals surface area contributed by atoms with Crippen LogP contribution in [-0.2, 0) is 20.6 Å². The molecular formula is C32H31BrF3NO4SSi. The van der Waals surface area contributed by atoms with Gasteiger partial charge in [0.2, 0.25) is 0 Å². The van der Waals surface area contributed by atoms with Crippen LogP contribution in [0.5, 0.6) is 5.75 Å². The van der Waals surface area contributed by atoms with Crippen molar-refractivity contribution in [2.24, 2.45) is 0 Å². The predicted molar refractivity (Wildman–Crippen MR) is 168 cm³/mol. The molecule has 0 spiro atoms. The van der Waals surface area contributed by atoms with Gasteiger partial charge in [0.25, 0.3) is 18.3 Å². The number of anilines is 1. The number of rotatable bonds is 7. The van der Waals surface area contributed by atoms with E-state index in [1.54, 1.807) is 18.2 Å². The Morgan fingerprint density at radius 1 is 0.884 bits per heavy atom. The van der Waals surface area contributed by atoms with E-state index in [0.717, 1.165) is 26.8 Å². The topological polar surface area (TPSA) is 55.8 Å². The normalized spacial score (nSPS) is 16.0. The van der Waals surface area contributed by atoms with Crippen LogP contribution in [0.15, 0.2) is 112 Å². The van der Waals surface area contributed by atoms with E-state index in [9.17, 15) is 21.6 Å². The molecule has 0 N–H and O–H groups in total. The Hall–Kier alpha value is -3.12. The molecule has 1 atom stereocenters. The summed E-state index contributed by atoms with van der Waals surface area (Å²) in [7, 11) is -7.38. The second-order valence-corrected chi connectivity index (χ2v) is 18.5. The Morgan fingerprint density at radius 2 is 1.49 bits per heavy atom. The SMILES string of the molecule is CC(C)(C)[Si](OCC1CN(S(=O)(=O)c2cccc(C(F)(F)F)c2)c2cc(Br)ccc2O1)(c1ccccc1)c1ccccc1. The standard InChI is InChI=1S/C32H31BrF3NO4SSi/c1-31(2,3)43(27-13-6-4-7-14-27,28-15-8-5-9-16-28)40-22-25-21-37(29-20-24(33)17-18-30(29)41-25)42(38,39)26-12-10-11-23(19-26)32(34,35)36/h4-20,25H,21-22H2,1-3H3. The van der Waals surface area contributed by atoms with E-state index in [4.69, 9.17) is 9.16 Å². The highest BCUT2D eigenvalue weighted by Gasteiger charge is 2.51. The lowest BCUT2D eigenvalue weighted by atomic mass is 10.2.